The molecule has 0 aromatic carbocycles. The number of aliphatic hydroxyl groups is 1. The lowest BCUT2D eigenvalue weighted by Gasteiger charge is -2.27. The summed E-state index contributed by atoms with van der Waals surface area (Å²) in [4.78, 5) is 11.6. The smallest absolute Gasteiger partial charge is 0.308 e. The molecule has 0 bridgehead atoms. The van der Waals surface area contributed by atoms with Crippen LogP contribution in [0.4, 0.5) is 0 Å². The third-order valence-electron chi connectivity index (χ3n) is 3.04. The average Bonchev–Trinajstić information content (AvgIpc) is 2.23. The van der Waals surface area contributed by atoms with Gasteiger partial charge in [0.2, 0.25) is 0 Å². The third kappa shape index (κ3) is 6.64. The zero-order chi connectivity index (χ0) is 13.6. The van der Waals surface area contributed by atoms with Gasteiger partial charge in [0.05, 0.1) is 19.1 Å². The van der Waals surface area contributed by atoms with Gasteiger partial charge in [-0.25, -0.2) is 0 Å². The van der Waals surface area contributed by atoms with E-state index < -0.39 is 5.79 Å². The van der Waals surface area contributed by atoms with Crippen LogP contribution in [-0.2, 0) is 14.3 Å². The van der Waals surface area contributed by atoms with Crippen LogP contribution in [0.2, 0.25) is 0 Å². The Morgan fingerprint density at radius 2 is 1.82 bits per heavy atom. The SMILES string of the molecule is CCOC(=O)C(C)C(C)[C@H](C)COC(C)(C)O. The van der Waals surface area contributed by atoms with Gasteiger partial charge in [-0.3, -0.25) is 4.79 Å². The molecular formula is C13H26O4. The van der Waals surface area contributed by atoms with Crippen LogP contribution >= 0.6 is 0 Å². The molecule has 0 saturated carbocycles. The third-order valence-corrected chi connectivity index (χ3v) is 3.04. The molecule has 4 heteroatoms. The van der Waals surface area contributed by atoms with Crippen molar-refractivity contribution in [3.05, 3.63) is 0 Å². The highest BCUT2D eigenvalue weighted by atomic mass is 16.6. The first-order chi connectivity index (χ1) is 7.69. The highest BCUT2D eigenvalue weighted by Gasteiger charge is 2.27. The van der Waals surface area contributed by atoms with Crippen molar-refractivity contribution in [3.63, 3.8) is 0 Å². The van der Waals surface area contributed by atoms with Gasteiger partial charge in [0.25, 0.3) is 0 Å². The largest absolute Gasteiger partial charge is 0.466 e. The predicted octanol–water partition coefficient (Wildman–Crippen LogP) is 2.20. The lowest BCUT2D eigenvalue weighted by molar-refractivity contribution is -0.186. The highest BCUT2D eigenvalue weighted by molar-refractivity contribution is 5.72. The van der Waals surface area contributed by atoms with Gasteiger partial charge in [-0.15, -0.1) is 0 Å². The summed E-state index contributed by atoms with van der Waals surface area (Å²) in [7, 11) is 0. The summed E-state index contributed by atoms with van der Waals surface area (Å²) in [5.74, 6) is -1.12. The van der Waals surface area contributed by atoms with Gasteiger partial charge in [-0.1, -0.05) is 20.8 Å². The summed E-state index contributed by atoms with van der Waals surface area (Å²) in [5, 5.41) is 9.47. The second kappa shape index (κ2) is 6.97. The van der Waals surface area contributed by atoms with E-state index in [-0.39, 0.29) is 23.7 Å². The summed E-state index contributed by atoms with van der Waals surface area (Å²) in [6.07, 6.45) is 0. The van der Waals surface area contributed by atoms with Crippen molar-refractivity contribution >= 4 is 5.97 Å². The van der Waals surface area contributed by atoms with Crippen molar-refractivity contribution in [1.82, 2.24) is 0 Å². The minimum atomic E-state index is -1.12. The number of carbonyl (C=O) groups excluding carboxylic acids is 1. The van der Waals surface area contributed by atoms with Gasteiger partial charge < -0.3 is 14.6 Å². The Hall–Kier alpha value is -0.610. The fourth-order valence-electron chi connectivity index (χ4n) is 1.47. The molecule has 0 spiro atoms. The van der Waals surface area contributed by atoms with Crippen LogP contribution in [0.5, 0.6) is 0 Å². The minimum absolute atomic E-state index is 0.149. The summed E-state index contributed by atoms with van der Waals surface area (Å²) in [6, 6.07) is 0. The molecule has 0 heterocycles. The fraction of sp³-hybridized carbons (Fsp3) is 0.923. The van der Waals surface area contributed by atoms with Crippen LogP contribution < -0.4 is 0 Å². The molecule has 0 aromatic rings. The Morgan fingerprint density at radius 3 is 2.24 bits per heavy atom. The first-order valence-corrected chi connectivity index (χ1v) is 6.22. The molecule has 4 nitrogen and oxygen atoms in total. The molecule has 0 radical (unpaired) electrons. The lowest BCUT2D eigenvalue weighted by atomic mass is 9.85. The number of carbonyl (C=O) groups is 1. The molecule has 0 rings (SSSR count). The summed E-state index contributed by atoms with van der Waals surface area (Å²) in [6.45, 7) is 11.7. The first kappa shape index (κ1) is 16.4. The van der Waals surface area contributed by atoms with Crippen molar-refractivity contribution in [1.29, 1.82) is 0 Å². The van der Waals surface area contributed by atoms with Crippen LogP contribution in [-0.4, -0.2) is 30.1 Å². The van der Waals surface area contributed by atoms with Crippen LogP contribution in [0.15, 0.2) is 0 Å². The molecule has 1 N–H and O–H groups in total. The lowest BCUT2D eigenvalue weighted by Crippen LogP contribution is -2.32. The molecule has 17 heavy (non-hydrogen) atoms. The second-order valence-corrected chi connectivity index (χ2v) is 5.13. The number of ether oxygens (including phenoxy) is 2. The summed E-state index contributed by atoms with van der Waals surface area (Å²) < 4.78 is 10.3. The normalized spacial score (nSPS) is 17.4. The van der Waals surface area contributed by atoms with Crippen molar-refractivity contribution < 1.29 is 19.4 Å². The Morgan fingerprint density at radius 1 is 1.29 bits per heavy atom. The highest BCUT2D eigenvalue weighted by Crippen LogP contribution is 2.23. The zero-order valence-electron chi connectivity index (χ0n) is 11.8. The van der Waals surface area contributed by atoms with E-state index in [0.717, 1.165) is 0 Å². The Kier molecular flexibility index (Phi) is 6.72. The predicted molar refractivity (Wildman–Crippen MR) is 66.4 cm³/mol. The zero-order valence-corrected chi connectivity index (χ0v) is 11.8. The van der Waals surface area contributed by atoms with Gasteiger partial charge in [0.15, 0.2) is 5.79 Å². The van der Waals surface area contributed by atoms with E-state index in [1.165, 1.54) is 0 Å². The van der Waals surface area contributed by atoms with Gasteiger partial charge in [-0.05, 0) is 32.6 Å². The van der Waals surface area contributed by atoms with Crippen molar-refractivity contribution in [2.24, 2.45) is 17.8 Å². The first-order valence-electron chi connectivity index (χ1n) is 6.22. The average molecular weight is 246 g/mol. The van der Waals surface area contributed by atoms with Gasteiger partial charge in [0.1, 0.15) is 0 Å². The monoisotopic (exact) mass is 246 g/mol. The fourth-order valence-corrected chi connectivity index (χ4v) is 1.47. The van der Waals surface area contributed by atoms with Gasteiger partial charge in [-0.2, -0.15) is 0 Å². The number of esters is 1. The Balaban J connectivity index is 4.20. The maximum atomic E-state index is 11.6. The van der Waals surface area contributed by atoms with Crippen molar-refractivity contribution in [2.45, 2.75) is 47.3 Å². The molecule has 0 aliphatic rings. The van der Waals surface area contributed by atoms with Gasteiger partial charge >= 0.3 is 5.97 Å². The molecule has 2 unspecified atom stereocenters. The van der Waals surface area contributed by atoms with E-state index in [2.05, 4.69) is 0 Å². The van der Waals surface area contributed by atoms with Gasteiger partial charge in [0, 0.05) is 0 Å². The molecule has 0 fully saturated rings. The maximum Gasteiger partial charge on any atom is 0.308 e. The standard InChI is InChI=1S/C13H26O4/c1-7-16-12(14)11(4)10(3)9(2)8-17-13(5,6)15/h9-11,15H,7-8H2,1-6H3/t9-,10?,11?/m1/s1. The van der Waals surface area contributed by atoms with E-state index in [4.69, 9.17) is 9.47 Å². The maximum absolute atomic E-state index is 11.6. The number of rotatable bonds is 7. The molecule has 0 aliphatic heterocycles. The van der Waals surface area contributed by atoms with E-state index in [1.807, 2.05) is 20.8 Å². The van der Waals surface area contributed by atoms with E-state index >= 15 is 0 Å². The molecule has 0 aromatic heterocycles. The molecular weight excluding hydrogens is 220 g/mol. The van der Waals surface area contributed by atoms with E-state index in [9.17, 15) is 9.90 Å². The summed E-state index contributed by atoms with van der Waals surface area (Å²) in [5.41, 5.74) is 0. The van der Waals surface area contributed by atoms with Crippen LogP contribution in [0.3, 0.4) is 0 Å². The topological polar surface area (TPSA) is 55.8 Å². The van der Waals surface area contributed by atoms with Crippen molar-refractivity contribution in [3.8, 4) is 0 Å². The Labute approximate surface area is 104 Å². The van der Waals surface area contributed by atoms with Crippen molar-refractivity contribution in [2.75, 3.05) is 13.2 Å². The molecule has 0 amide bonds. The van der Waals surface area contributed by atoms with Crippen LogP contribution in [0.1, 0.15) is 41.5 Å². The molecule has 0 aliphatic carbocycles. The summed E-state index contributed by atoms with van der Waals surface area (Å²) >= 11 is 0. The number of hydrogen-bond donors (Lipinski definition) is 1. The Bertz CT molecular complexity index is 232. The molecule has 3 atom stereocenters. The van der Waals surface area contributed by atoms with E-state index in [1.54, 1.807) is 20.8 Å². The molecule has 102 valence electrons. The van der Waals surface area contributed by atoms with E-state index in [0.29, 0.717) is 13.2 Å². The number of hydrogen-bond acceptors (Lipinski definition) is 4. The van der Waals surface area contributed by atoms with Crippen LogP contribution in [0, 0.1) is 17.8 Å². The quantitative estimate of drug-likeness (QED) is 0.552. The van der Waals surface area contributed by atoms with Crippen LogP contribution in [0.25, 0.3) is 0 Å². The second-order valence-electron chi connectivity index (χ2n) is 5.13. The minimum Gasteiger partial charge on any atom is -0.466 e. The molecule has 0 saturated heterocycles.